The number of nitrogen functional groups attached to an aromatic ring is 1. The third-order valence-electron chi connectivity index (χ3n) is 2.54. The van der Waals surface area contributed by atoms with Crippen molar-refractivity contribution in [2.45, 2.75) is 6.18 Å². The molecule has 0 saturated carbocycles. The zero-order valence-electron chi connectivity index (χ0n) is 9.13. The quantitative estimate of drug-likeness (QED) is 0.753. The van der Waals surface area contributed by atoms with Crippen LogP contribution in [0.1, 0.15) is 5.56 Å². The van der Waals surface area contributed by atoms with Gasteiger partial charge in [0.25, 0.3) is 0 Å². The summed E-state index contributed by atoms with van der Waals surface area (Å²) >= 11 is 5.69. The van der Waals surface area contributed by atoms with Gasteiger partial charge in [-0.1, -0.05) is 48.0 Å². The number of hydrogen-bond acceptors (Lipinski definition) is 1. The van der Waals surface area contributed by atoms with E-state index in [1.807, 2.05) is 0 Å². The highest BCUT2D eigenvalue weighted by atomic mass is 35.5. The molecule has 0 saturated heterocycles. The first-order valence-corrected chi connectivity index (χ1v) is 5.49. The minimum Gasteiger partial charge on any atom is -0.398 e. The fraction of sp³-hybridized carbons (Fsp3) is 0.0769. The van der Waals surface area contributed by atoms with E-state index in [9.17, 15) is 13.2 Å². The number of hydrogen-bond donors (Lipinski definition) is 1. The van der Waals surface area contributed by atoms with Crippen LogP contribution in [0, 0.1) is 0 Å². The molecule has 0 aliphatic carbocycles. The molecule has 2 N–H and O–H groups in total. The van der Waals surface area contributed by atoms with E-state index in [4.69, 9.17) is 17.3 Å². The van der Waals surface area contributed by atoms with Crippen LogP contribution in [0.5, 0.6) is 0 Å². The zero-order valence-corrected chi connectivity index (χ0v) is 9.89. The number of alkyl halides is 3. The summed E-state index contributed by atoms with van der Waals surface area (Å²) in [6, 6.07) is 11.0. The van der Waals surface area contributed by atoms with Gasteiger partial charge in [-0.2, -0.15) is 13.2 Å². The second kappa shape index (κ2) is 4.53. The Morgan fingerprint density at radius 1 is 0.944 bits per heavy atom. The van der Waals surface area contributed by atoms with Crippen molar-refractivity contribution >= 4 is 17.3 Å². The van der Waals surface area contributed by atoms with Gasteiger partial charge in [0.1, 0.15) is 0 Å². The highest BCUT2D eigenvalue weighted by molar-refractivity contribution is 6.34. The highest BCUT2D eigenvalue weighted by Crippen LogP contribution is 2.43. The van der Waals surface area contributed by atoms with Crippen molar-refractivity contribution in [3.8, 4) is 11.1 Å². The lowest BCUT2D eigenvalue weighted by Gasteiger charge is -2.16. The normalized spacial score (nSPS) is 11.6. The Labute approximate surface area is 107 Å². The standard InChI is InChI=1S/C13H9ClF3N/c14-12-10(18)7-6-9(11(12)13(15,16)17)8-4-2-1-3-5-8/h1-7H,18H2. The maximum atomic E-state index is 13.0. The van der Waals surface area contributed by atoms with Crippen LogP contribution in [0.25, 0.3) is 11.1 Å². The first-order valence-electron chi connectivity index (χ1n) is 5.12. The van der Waals surface area contributed by atoms with Gasteiger partial charge in [-0.25, -0.2) is 0 Å². The molecule has 0 spiro atoms. The van der Waals surface area contributed by atoms with Crippen molar-refractivity contribution in [3.05, 3.63) is 53.1 Å². The molecule has 0 aliphatic heterocycles. The van der Waals surface area contributed by atoms with Gasteiger partial charge < -0.3 is 5.73 Å². The summed E-state index contributed by atoms with van der Waals surface area (Å²) in [5.41, 5.74) is 4.94. The smallest absolute Gasteiger partial charge is 0.398 e. The van der Waals surface area contributed by atoms with Crippen LogP contribution in [-0.2, 0) is 6.18 Å². The first kappa shape index (κ1) is 12.8. The molecule has 2 aromatic carbocycles. The average molecular weight is 272 g/mol. The topological polar surface area (TPSA) is 26.0 Å². The molecule has 0 bridgehead atoms. The van der Waals surface area contributed by atoms with Crippen molar-refractivity contribution in [2.24, 2.45) is 0 Å². The average Bonchev–Trinajstić information content (AvgIpc) is 2.32. The molecule has 0 heterocycles. The number of rotatable bonds is 1. The van der Waals surface area contributed by atoms with Crippen molar-refractivity contribution in [3.63, 3.8) is 0 Å². The molecular formula is C13H9ClF3N. The minimum absolute atomic E-state index is 0.0299. The Hall–Kier alpha value is -1.68. The summed E-state index contributed by atoms with van der Waals surface area (Å²) in [6.07, 6.45) is -4.54. The van der Waals surface area contributed by atoms with Gasteiger partial charge in [0.2, 0.25) is 0 Å². The van der Waals surface area contributed by atoms with Crippen LogP contribution in [0.15, 0.2) is 42.5 Å². The fourth-order valence-corrected chi connectivity index (χ4v) is 2.00. The van der Waals surface area contributed by atoms with E-state index in [0.29, 0.717) is 5.56 Å². The second-order valence-corrected chi connectivity index (χ2v) is 4.13. The number of nitrogens with two attached hydrogens (primary N) is 1. The van der Waals surface area contributed by atoms with Crippen molar-refractivity contribution in [2.75, 3.05) is 5.73 Å². The predicted molar refractivity (Wildman–Crippen MR) is 66.3 cm³/mol. The lowest BCUT2D eigenvalue weighted by atomic mass is 9.98. The van der Waals surface area contributed by atoms with Gasteiger partial charge >= 0.3 is 6.18 Å². The molecule has 0 aromatic heterocycles. The van der Waals surface area contributed by atoms with Crippen LogP contribution in [0.2, 0.25) is 5.02 Å². The molecule has 2 rings (SSSR count). The largest absolute Gasteiger partial charge is 0.418 e. The van der Waals surface area contributed by atoms with E-state index in [0.717, 1.165) is 0 Å². The molecule has 18 heavy (non-hydrogen) atoms. The molecule has 0 unspecified atom stereocenters. The van der Waals surface area contributed by atoms with Crippen molar-refractivity contribution in [1.82, 2.24) is 0 Å². The van der Waals surface area contributed by atoms with E-state index < -0.39 is 16.8 Å². The van der Waals surface area contributed by atoms with Crippen molar-refractivity contribution < 1.29 is 13.2 Å². The molecule has 2 aromatic rings. The maximum Gasteiger partial charge on any atom is 0.418 e. The minimum atomic E-state index is -4.54. The molecule has 1 nitrogen and oxygen atoms in total. The Kier molecular flexibility index (Phi) is 3.22. The summed E-state index contributed by atoms with van der Waals surface area (Å²) in [5.74, 6) is 0. The Balaban J connectivity index is 2.73. The number of halogens is 4. The van der Waals surface area contributed by atoms with Gasteiger partial charge in [-0.3, -0.25) is 0 Å². The van der Waals surface area contributed by atoms with Crippen LogP contribution in [0.3, 0.4) is 0 Å². The third-order valence-corrected chi connectivity index (χ3v) is 2.95. The van der Waals surface area contributed by atoms with E-state index in [2.05, 4.69) is 0 Å². The van der Waals surface area contributed by atoms with E-state index in [1.165, 1.54) is 12.1 Å². The van der Waals surface area contributed by atoms with Gasteiger partial charge in [0.15, 0.2) is 0 Å². The van der Waals surface area contributed by atoms with Gasteiger partial charge in [0, 0.05) is 0 Å². The molecular weight excluding hydrogens is 263 g/mol. The molecule has 0 atom stereocenters. The molecule has 0 amide bonds. The van der Waals surface area contributed by atoms with Crippen LogP contribution in [0.4, 0.5) is 18.9 Å². The predicted octanol–water partition coefficient (Wildman–Crippen LogP) is 4.61. The van der Waals surface area contributed by atoms with Gasteiger partial charge in [-0.15, -0.1) is 0 Å². The van der Waals surface area contributed by atoms with Crippen LogP contribution in [-0.4, -0.2) is 0 Å². The fourth-order valence-electron chi connectivity index (χ4n) is 1.73. The van der Waals surface area contributed by atoms with Gasteiger partial charge in [-0.05, 0) is 17.2 Å². The van der Waals surface area contributed by atoms with E-state index in [-0.39, 0.29) is 11.3 Å². The lowest BCUT2D eigenvalue weighted by Crippen LogP contribution is -2.09. The zero-order chi connectivity index (χ0) is 13.3. The summed E-state index contributed by atoms with van der Waals surface area (Å²) in [6.45, 7) is 0. The Bertz CT molecular complexity index is 564. The lowest BCUT2D eigenvalue weighted by molar-refractivity contribution is -0.136. The number of benzene rings is 2. The molecule has 94 valence electrons. The Morgan fingerprint density at radius 2 is 1.56 bits per heavy atom. The Morgan fingerprint density at radius 3 is 2.11 bits per heavy atom. The monoisotopic (exact) mass is 271 g/mol. The molecule has 0 aliphatic rings. The first-order chi connectivity index (χ1) is 8.41. The maximum absolute atomic E-state index is 13.0. The van der Waals surface area contributed by atoms with Crippen LogP contribution >= 0.6 is 11.6 Å². The number of anilines is 1. The summed E-state index contributed by atoms with van der Waals surface area (Å²) in [4.78, 5) is 0. The summed E-state index contributed by atoms with van der Waals surface area (Å²) in [7, 11) is 0. The van der Waals surface area contributed by atoms with E-state index in [1.54, 1.807) is 30.3 Å². The summed E-state index contributed by atoms with van der Waals surface area (Å²) in [5, 5.41) is -0.455. The SMILES string of the molecule is Nc1ccc(-c2ccccc2)c(C(F)(F)F)c1Cl. The summed E-state index contributed by atoms with van der Waals surface area (Å²) < 4.78 is 39.1. The van der Waals surface area contributed by atoms with Crippen molar-refractivity contribution in [1.29, 1.82) is 0 Å². The second-order valence-electron chi connectivity index (χ2n) is 3.76. The highest BCUT2D eigenvalue weighted by Gasteiger charge is 2.37. The molecule has 0 radical (unpaired) electrons. The van der Waals surface area contributed by atoms with Gasteiger partial charge in [0.05, 0.1) is 16.3 Å². The third kappa shape index (κ3) is 2.29. The molecule has 5 heteroatoms. The molecule has 0 fully saturated rings. The van der Waals surface area contributed by atoms with Crippen LogP contribution < -0.4 is 5.73 Å². The van der Waals surface area contributed by atoms with E-state index >= 15 is 0 Å².